The average Bonchev–Trinajstić information content (AvgIpc) is 2.74. The molecule has 18 heavy (non-hydrogen) atoms. The molecule has 5 nitrogen and oxygen atoms in total. The zero-order valence-corrected chi connectivity index (χ0v) is 11.9. The zero-order chi connectivity index (χ0) is 13.4. The van der Waals surface area contributed by atoms with E-state index in [-0.39, 0.29) is 0 Å². The van der Waals surface area contributed by atoms with Gasteiger partial charge in [-0.15, -0.1) is 5.10 Å². The number of aryl methyl sites for hydroxylation is 1. The van der Waals surface area contributed by atoms with Crippen molar-refractivity contribution < 1.29 is 4.74 Å². The van der Waals surface area contributed by atoms with Gasteiger partial charge in [-0.1, -0.05) is 19.1 Å². The summed E-state index contributed by atoms with van der Waals surface area (Å²) in [5.74, 6) is 0.683. The summed E-state index contributed by atoms with van der Waals surface area (Å²) < 4.78 is 7.33. The van der Waals surface area contributed by atoms with Crippen molar-refractivity contribution in [3.63, 3.8) is 0 Å². The van der Waals surface area contributed by atoms with Crippen molar-refractivity contribution in [2.24, 2.45) is 11.7 Å². The first kappa shape index (κ1) is 15.1. The third-order valence-electron chi connectivity index (χ3n) is 2.93. The molecule has 0 amide bonds. The molecule has 0 bridgehead atoms. The second-order valence-corrected chi connectivity index (χ2v) is 4.89. The minimum Gasteiger partial charge on any atom is -0.382 e. The number of hydrogen-bond donors (Lipinski definition) is 1. The lowest BCUT2D eigenvalue weighted by Crippen LogP contribution is -2.10. The second-order valence-electron chi connectivity index (χ2n) is 4.89. The van der Waals surface area contributed by atoms with E-state index in [0.29, 0.717) is 12.5 Å². The van der Waals surface area contributed by atoms with E-state index in [1.54, 1.807) is 0 Å². The Morgan fingerprint density at radius 1 is 1.39 bits per heavy atom. The Morgan fingerprint density at radius 2 is 2.17 bits per heavy atom. The maximum absolute atomic E-state index is 5.71. The standard InChI is InChI=1S/C13H26N4O/c1-4-18-9-5-8-17-13(7-6-11(2)3)12(10-14)15-16-17/h11H,4-10,14H2,1-3H3. The number of rotatable bonds is 9. The van der Waals surface area contributed by atoms with Crippen LogP contribution in [0.25, 0.3) is 0 Å². The van der Waals surface area contributed by atoms with Gasteiger partial charge in [-0.25, -0.2) is 4.68 Å². The summed E-state index contributed by atoms with van der Waals surface area (Å²) >= 11 is 0. The number of hydrogen-bond acceptors (Lipinski definition) is 4. The molecule has 0 aliphatic heterocycles. The smallest absolute Gasteiger partial charge is 0.0994 e. The molecule has 2 N–H and O–H groups in total. The van der Waals surface area contributed by atoms with Gasteiger partial charge < -0.3 is 10.5 Å². The minimum absolute atomic E-state index is 0.471. The Hall–Kier alpha value is -0.940. The molecule has 0 unspecified atom stereocenters. The van der Waals surface area contributed by atoms with Gasteiger partial charge in [0.05, 0.1) is 11.4 Å². The zero-order valence-electron chi connectivity index (χ0n) is 11.9. The molecule has 0 radical (unpaired) electrons. The van der Waals surface area contributed by atoms with Crippen molar-refractivity contribution >= 4 is 0 Å². The van der Waals surface area contributed by atoms with Gasteiger partial charge in [-0.2, -0.15) is 0 Å². The van der Waals surface area contributed by atoms with Gasteiger partial charge in [0.1, 0.15) is 0 Å². The molecule has 0 fully saturated rings. The highest BCUT2D eigenvalue weighted by molar-refractivity contribution is 5.10. The summed E-state index contributed by atoms with van der Waals surface area (Å²) in [7, 11) is 0. The van der Waals surface area contributed by atoms with Crippen LogP contribution in [0.1, 0.15) is 45.0 Å². The van der Waals surface area contributed by atoms with E-state index in [9.17, 15) is 0 Å². The van der Waals surface area contributed by atoms with Crippen molar-refractivity contribution in [2.75, 3.05) is 13.2 Å². The fourth-order valence-corrected chi connectivity index (χ4v) is 1.87. The summed E-state index contributed by atoms with van der Waals surface area (Å²) in [6.45, 7) is 9.34. The largest absolute Gasteiger partial charge is 0.382 e. The summed E-state index contributed by atoms with van der Waals surface area (Å²) in [4.78, 5) is 0. The van der Waals surface area contributed by atoms with Crippen molar-refractivity contribution in [1.29, 1.82) is 0 Å². The number of nitrogens with zero attached hydrogens (tertiary/aromatic N) is 3. The van der Waals surface area contributed by atoms with Crippen LogP contribution >= 0.6 is 0 Å². The topological polar surface area (TPSA) is 66.0 Å². The van der Waals surface area contributed by atoms with Gasteiger partial charge in [0.15, 0.2) is 0 Å². The van der Waals surface area contributed by atoms with E-state index >= 15 is 0 Å². The summed E-state index contributed by atoms with van der Waals surface area (Å²) in [5.41, 5.74) is 7.84. The minimum atomic E-state index is 0.471. The van der Waals surface area contributed by atoms with Crippen LogP contribution < -0.4 is 5.73 Å². The van der Waals surface area contributed by atoms with Crippen LogP contribution in [0.2, 0.25) is 0 Å². The Labute approximate surface area is 110 Å². The summed E-state index contributed by atoms with van der Waals surface area (Å²) in [5, 5.41) is 8.35. The van der Waals surface area contributed by atoms with Gasteiger partial charge in [0, 0.05) is 26.3 Å². The normalized spacial score (nSPS) is 11.4. The molecular weight excluding hydrogens is 228 g/mol. The summed E-state index contributed by atoms with van der Waals surface area (Å²) in [6, 6.07) is 0. The van der Waals surface area contributed by atoms with Gasteiger partial charge in [-0.05, 0) is 32.1 Å². The molecule has 0 spiro atoms. The van der Waals surface area contributed by atoms with Crippen molar-refractivity contribution in [1.82, 2.24) is 15.0 Å². The quantitative estimate of drug-likeness (QED) is 0.682. The monoisotopic (exact) mass is 254 g/mol. The lowest BCUT2D eigenvalue weighted by Gasteiger charge is -2.09. The van der Waals surface area contributed by atoms with Gasteiger partial charge in [0.25, 0.3) is 0 Å². The molecule has 1 rings (SSSR count). The van der Waals surface area contributed by atoms with Gasteiger partial charge in [-0.3, -0.25) is 0 Å². The van der Waals surface area contributed by atoms with Crippen LogP contribution in [0.3, 0.4) is 0 Å². The Kier molecular flexibility index (Phi) is 6.90. The maximum atomic E-state index is 5.71. The molecule has 0 aliphatic carbocycles. The second kappa shape index (κ2) is 8.21. The average molecular weight is 254 g/mol. The summed E-state index contributed by atoms with van der Waals surface area (Å²) in [6.07, 6.45) is 3.12. The highest BCUT2D eigenvalue weighted by atomic mass is 16.5. The van der Waals surface area contributed by atoms with Crippen molar-refractivity contribution in [3.05, 3.63) is 11.4 Å². The van der Waals surface area contributed by atoms with Crippen LogP contribution in [0.5, 0.6) is 0 Å². The molecular formula is C13H26N4O. The Balaban J connectivity index is 2.56. The fourth-order valence-electron chi connectivity index (χ4n) is 1.87. The van der Waals surface area contributed by atoms with Crippen LogP contribution in [0, 0.1) is 5.92 Å². The van der Waals surface area contributed by atoms with Crippen molar-refractivity contribution in [2.45, 2.75) is 53.1 Å². The van der Waals surface area contributed by atoms with Crippen LogP contribution in [0.4, 0.5) is 0 Å². The molecule has 1 aromatic rings. The Bertz CT molecular complexity index is 336. The van der Waals surface area contributed by atoms with Crippen LogP contribution in [-0.4, -0.2) is 28.2 Å². The predicted octanol–water partition coefficient (Wildman–Crippen LogP) is 1.75. The molecule has 1 aromatic heterocycles. The van der Waals surface area contributed by atoms with E-state index in [1.165, 1.54) is 5.69 Å². The molecule has 104 valence electrons. The Morgan fingerprint density at radius 3 is 2.78 bits per heavy atom. The van der Waals surface area contributed by atoms with E-state index in [0.717, 1.165) is 44.7 Å². The SMILES string of the molecule is CCOCCCn1nnc(CN)c1CCC(C)C. The molecule has 0 aromatic carbocycles. The third-order valence-corrected chi connectivity index (χ3v) is 2.93. The molecule has 0 atom stereocenters. The number of aromatic nitrogens is 3. The van der Waals surface area contributed by atoms with Gasteiger partial charge in [0.2, 0.25) is 0 Å². The first-order chi connectivity index (χ1) is 8.69. The highest BCUT2D eigenvalue weighted by Crippen LogP contribution is 2.12. The third kappa shape index (κ3) is 4.74. The molecule has 5 heteroatoms. The lowest BCUT2D eigenvalue weighted by atomic mass is 10.1. The van der Waals surface area contributed by atoms with Crippen molar-refractivity contribution in [3.8, 4) is 0 Å². The van der Waals surface area contributed by atoms with E-state index in [1.807, 2.05) is 11.6 Å². The first-order valence-electron chi connectivity index (χ1n) is 6.88. The lowest BCUT2D eigenvalue weighted by molar-refractivity contribution is 0.140. The van der Waals surface area contributed by atoms with Gasteiger partial charge >= 0.3 is 0 Å². The van der Waals surface area contributed by atoms with Crippen LogP contribution in [-0.2, 0) is 24.2 Å². The molecule has 0 saturated carbocycles. The van der Waals surface area contributed by atoms with E-state index in [4.69, 9.17) is 10.5 Å². The van der Waals surface area contributed by atoms with E-state index < -0.39 is 0 Å². The van der Waals surface area contributed by atoms with E-state index in [2.05, 4.69) is 24.2 Å². The molecule has 0 saturated heterocycles. The molecule has 0 aliphatic rings. The highest BCUT2D eigenvalue weighted by Gasteiger charge is 2.11. The molecule has 1 heterocycles. The fraction of sp³-hybridized carbons (Fsp3) is 0.846. The van der Waals surface area contributed by atoms with Crippen LogP contribution in [0.15, 0.2) is 0 Å². The number of ether oxygens (including phenoxy) is 1. The maximum Gasteiger partial charge on any atom is 0.0994 e. The number of nitrogens with two attached hydrogens (primary N) is 1. The first-order valence-corrected chi connectivity index (χ1v) is 6.88. The predicted molar refractivity (Wildman–Crippen MR) is 72.2 cm³/mol.